The van der Waals surface area contributed by atoms with Crippen molar-refractivity contribution >= 4 is 5.97 Å². The number of ether oxygens (including phenoxy) is 2. The second-order valence-corrected chi connectivity index (χ2v) is 2.89. The van der Waals surface area contributed by atoms with Crippen LogP contribution in [0.25, 0.3) is 0 Å². The minimum Gasteiger partial charge on any atom is -0.466 e. The van der Waals surface area contributed by atoms with Gasteiger partial charge in [0.05, 0.1) is 13.7 Å². The van der Waals surface area contributed by atoms with Crippen molar-refractivity contribution in [2.24, 2.45) is 0 Å². The molecule has 1 saturated heterocycles. The number of hydrogen-bond donors (Lipinski definition) is 1. The van der Waals surface area contributed by atoms with E-state index >= 15 is 0 Å². The molecule has 4 nitrogen and oxygen atoms in total. The molecule has 4 heteroatoms. The number of rotatable bonds is 4. The van der Waals surface area contributed by atoms with Crippen LogP contribution in [0.5, 0.6) is 0 Å². The van der Waals surface area contributed by atoms with Gasteiger partial charge in [-0.05, 0) is 6.42 Å². The molecule has 0 aromatic carbocycles. The van der Waals surface area contributed by atoms with E-state index in [1.165, 1.54) is 13.2 Å². The molecule has 0 saturated carbocycles. The summed E-state index contributed by atoms with van der Waals surface area (Å²) in [4.78, 5) is 10.6. The molecule has 0 amide bonds. The van der Waals surface area contributed by atoms with E-state index in [-0.39, 0.29) is 5.97 Å². The van der Waals surface area contributed by atoms with Crippen LogP contribution in [0.1, 0.15) is 6.42 Å². The molecule has 13 heavy (non-hydrogen) atoms. The first-order valence-electron chi connectivity index (χ1n) is 4.38. The number of methoxy groups -OCH3 is 1. The molecule has 0 spiro atoms. The number of hydrogen-bond acceptors (Lipinski definition) is 4. The molecule has 1 fully saturated rings. The lowest BCUT2D eigenvalue weighted by molar-refractivity contribution is -0.134. The number of esters is 1. The zero-order chi connectivity index (χ0) is 9.52. The van der Waals surface area contributed by atoms with Gasteiger partial charge >= 0.3 is 5.97 Å². The predicted molar refractivity (Wildman–Crippen MR) is 48.4 cm³/mol. The Kier molecular flexibility index (Phi) is 4.49. The summed E-state index contributed by atoms with van der Waals surface area (Å²) in [5.41, 5.74) is 0. The average molecular weight is 185 g/mol. The fraction of sp³-hybridized carbons (Fsp3) is 0.667. The molecular weight excluding hydrogens is 170 g/mol. The summed E-state index contributed by atoms with van der Waals surface area (Å²) in [6.45, 7) is 2.29. The van der Waals surface area contributed by atoms with Crippen LogP contribution in [-0.4, -0.2) is 38.9 Å². The third kappa shape index (κ3) is 4.05. The Bertz CT molecular complexity index is 185. The Morgan fingerprint density at radius 1 is 1.77 bits per heavy atom. The smallest absolute Gasteiger partial charge is 0.330 e. The molecule has 1 aliphatic heterocycles. The summed E-state index contributed by atoms with van der Waals surface area (Å²) in [6, 6.07) is 0.433. The molecule has 0 unspecified atom stereocenters. The van der Waals surface area contributed by atoms with E-state index in [9.17, 15) is 4.79 Å². The highest BCUT2D eigenvalue weighted by Crippen LogP contribution is 2.02. The van der Waals surface area contributed by atoms with E-state index in [1.54, 1.807) is 6.08 Å². The van der Waals surface area contributed by atoms with Gasteiger partial charge in [0.2, 0.25) is 0 Å². The SMILES string of the molecule is COC(=O)/C=C/CN[C@H]1CCOC1. The van der Waals surface area contributed by atoms with Crippen LogP contribution in [0.2, 0.25) is 0 Å². The number of carbonyl (C=O) groups excluding carboxylic acids is 1. The van der Waals surface area contributed by atoms with Crippen LogP contribution in [0, 0.1) is 0 Å². The fourth-order valence-corrected chi connectivity index (χ4v) is 1.15. The van der Waals surface area contributed by atoms with Gasteiger partial charge in [0.1, 0.15) is 0 Å². The Morgan fingerprint density at radius 2 is 2.62 bits per heavy atom. The number of carbonyl (C=O) groups is 1. The Morgan fingerprint density at radius 3 is 3.23 bits per heavy atom. The molecule has 1 rings (SSSR count). The van der Waals surface area contributed by atoms with Crippen LogP contribution >= 0.6 is 0 Å². The van der Waals surface area contributed by atoms with E-state index in [0.29, 0.717) is 12.6 Å². The lowest BCUT2D eigenvalue weighted by Gasteiger charge is -2.06. The monoisotopic (exact) mass is 185 g/mol. The van der Waals surface area contributed by atoms with Gasteiger partial charge in [-0.2, -0.15) is 0 Å². The largest absolute Gasteiger partial charge is 0.466 e. The van der Waals surface area contributed by atoms with E-state index < -0.39 is 0 Å². The molecule has 1 N–H and O–H groups in total. The lowest BCUT2D eigenvalue weighted by atomic mass is 10.2. The van der Waals surface area contributed by atoms with Gasteiger partial charge < -0.3 is 14.8 Å². The van der Waals surface area contributed by atoms with E-state index in [1.807, 2.05) is 0 Å². The van der Waals surface area contributed by atoms with Gasteiger partial charge in [-0.1, -0.05) is 6.08 Å². The van der Waals surface area contributed by atoms with Crippen molar-refractivity contribution in [1.82, 2.24) is 5.32 Å². The predicted octanol–water partition coefficient (Wildman–Crippen LogP) is 0.0941. The topological polar surface area (TPSA) is 47.6 Å². The lowest BCUT2D eigenvalue weighted by Crippen LogP contribution is -2.29. The van der Waals surface area contributed by atoms with Gasteiger partial charge in [0.25, 0.3) is 0 Å². The van der Waals surface area contributed by atoms with Crippen molar-refractivity contribution in [2.45, 2.75) is 12.5 Å². The standard InChI is InChI=1S/C9H15NO3/c1-12-9(11)3-2-5-10-8-4-6-13-7-8/h2-3,8,10H,4-7H2,1H3/b3-2+/t8-/m0/s1. The van der Waals surface area contributed by atoms with E-state index in [4.69, 9.17) is 4.74 Å². The second kappa shape index (κ2) is 5.72. The van der Waals surface area contributed by atoms with Crippen molar-refractivity contribution < 1.29 is 14.3 Å². The van der Waals surface area contributed by atoms with Crippen LogP contribution in [0.4, 0.5) is 0 Å². The zero-order valence-electron chi connectivity index (χ0n) is 7.79. The molecular formula is C9H15NO3. The third-order valence-corrected chi connectivity index (χ3v) is 1.91. The van der Waals surface area contributed by atoms with Gasteiger partial charge in [-0.25, -0.2) is 4.79 Å². The first kappa shape index (κ1) is 10.2. The van der Waals surface area contributed by atoms with Crippen LogP contribution in [0.3, 0.4) is 0 Å². The van der Waals surface area contributed by atoms with Gasteiger partial charge in [0, 0.05) is 25.3 Å². The Labute approximate surface area is 77.9 Å². The molecule has 1 aliphatic rings. The van der Waals surface area contributed by atoms with E-state index in [2.05, 4.69) is 10.1 Å². The fourth-order valence-electron chi connectivity index (χ4n) is 1.15. The normalized spacial score (nSPS) is 22.4. The highest BCUT2D eigenvalue weighted by atomic mass is 16.5. The summed E-state index contributed by atoms with van der Waals surface area (Å²) in [5.74, 6) is -0.315. The van der Waals surface area contributed by atoms with Crippen molar-refractivity contribution in [2.75, 3.05) is 26.9 Å². The number of nitrogens with one attached hydrogen (secondary N) is 1. The van der Waals surface area contributed by atoms with E-state index in [0.717, 1.165) is 19.6 Å². The minimum atomic E-state index is -0.315. The summed E-state index contributed by atoms with van der Waals surface area (Å²) >= 11 is 0. The van der Waals surface area contributed by atoms with Crippen LogP contribution < -0.4 is 5.32 Å². The summed E-state index contributed by atoms with van der Waals surface area (Å²) in [5, 5.41) is 3.24. The Balaban J connectivity index is 2.05. The van der Waals surface area contributed by atoms with Crippen molar-refractivity contribution in [1.29, 1.82) is 0 Å². The van der Waals surface area contributed by atoms with Gasteiger partial charge in [-0.15, -0.1) is 0 Å². The maximum Gasteiger partial charge on any atom is 0.330 e. The van der Waals surface area contributed by atoms with Crippen molar-refractivity contribution in [3.05, 3.63) is 12.2 Å². The summed E-state index contributed by atoms with van der Waals surface area (Å²) in [7, 11) is 1.37. The summed E-state index contributed by atoms with van der Waals surface area (Å²) < 4.78 is 9.62. The average Bonchev–Trinajstić information content (AvgIpc) is 2.64. The van der Waals surface area contributed by atoms with Crippen LogP contribution in [-0.2, 0) is 14.3 Å². The zero-order valence-corrected chi connectivity index (χ0v) is 7.79. The highest BCUT2D eigenvalue weighted by Gasteiger charge is 2.13. The molecule has 1 atom stereocenters. The highest BCUT2D eigenvalue weighted by molar-refractivity contribution is 5.81. The summed E-state index contributed by atoms with van der Waals surface area (Å²) in [6.07, 6.45) is 4.22. The maximum absolute atomic E-state index is 10.6. The molecule has 74 valence electrons. The molecule has 0 aromatic rings. The van der Waals surface area contributed by atoms with Crippen molar-refractivity contribution in [3.8, 4) is 0 Å². The van der Waals surface area contributed by atoms with Crippen molar-refractivity contribution in [3.63, 3.8) is 0 Å². The van der Waals surface area contributed by atoms with Gasteiger partial charge in [0.15, 0.2) is 0 Å². The second-order valence-electron chi connectivity index (χ2n) is 2.89. The Hall–Kier alpha value is -0.870. The molecule has 1 heterocycles. The third-order valence-electron chi connectivity index (χ3n) is 1.91. The first-order valence-corrected chi connectivity index (χ1v) is 4.38. The van der Waals surface area contributed by atoms with Gasteiger partial charge in [-0.3, -0.25) is 0 Å². The minimum absolute atomic E-state index is 0.315. The molecule has 0 bridgehead atoms. The quantitative estimate of drug-likeness (QED) is 0.498. The first-order chi connectivity index (χ1) is 6.33. The molecule has 0 aliphatic carbocycles. The molecule has 0 aromatic heterocycles. The maximum atomic E-state index is 10.6. The van der Waals surface area contributed by atoms with Crippen LogP contribution in [0.15, 0.2) is 12.2 Å². The molecule has 0 radical (unpaired) electrons.